The highest BCUT2D eigenvalue weighted by molar-refractivity contribution is 5.33. The van der Waals surface area contributed by atoms with Crippen molar-refractivity contribution in [3.63, 3.8) is 0 Å². The molecule has 6 aliphatic rings. The number of benzene rings is 1. The van der Waals surface area contributed by atoms with Crippen LogP contribution < -0.4 is 0 Å². The predicted octanol–water partition coefficient (Wildman–Crippen LogP) is 6.56. The van der Waals surface area contributed by atoms with E-state index in [0.29, 0.717) is 5.75 Å². The van der Waals surface area contributed by atoms with Crippen molar-refractivity contribution in [2.24, 2.45) is 53.3 Å². The molecular formula is C28H34O. The quantitative estimate of drug-likeness (QED) is 0.451. The zero-order chi connectivity index (χ0) is 19.5. The van der Waals surface area contributed by atoms with Crippen molar-refractivity contribution in [2.45, 2.75) is 45.4 Å². The van der Waals surface area contributed by atoms with E-state index in [9.17, 15) is 5.11 Å². The van der Waals surface area contributed by atoms with Crippen LogP contribution in [0, 0.1) is 53.3 Å². The van der Waals surface area contributed by atoms with Gasteiger partial charge in [0.1, 0.15) is 5.75 Å². The topological polar surface area (TPSA) is 20.2 Å². The highest BCUT2D eigenvalue weighted by Crippen LogP contribution is 2.66. The monoisotopic (exact) mass is 386 g/mol. The van der Waals surface area contributed by atoms with Gasteiger partial charge < -0.3 is 5.11 Å². The largest absolute Gasteiger partial charge is 0.508 e. The molecule has 0 spiro atoms. The summed E-state index contributed by atoms with van der Waals surface area (Å²) in [4.78, 5) is 0. The van der Waals surface area contributed by atoms with E-state index in [1.165, 1.54) is 32.1 Å². The fourth-order valence-electron chi connectivity index (χ4n) is 8.27. The van der Waals surface area contributed by atoms with Crippen LogP contribution in [0.5, 0.6) is 5.75 Å². The molecule has 1 aromatic carbocycles. The fraction of sp³-hybridized carbons (Fsp3) is 0.571. The fourth-order valence-corrected chi connectivity index (χ4v) is 8.27. The number of hydrogen-bond acceptors (Lipinski definition) is 1. The molecule has 0 aromatic heterocycles. The van der Waals surface area contributed by atoms with E-state index >= 15 is 0 Å². The minimum atomic E-state index is 0.462. The molecule has 1 nitrogen and oxygen atoms in total. The van der Waals surface area contributed by atoms with Crippen molar-refractivity contribution in [3.05, 3.63) is 65.8 Å². The number of allylic oxidation sites excluding steroid dienone is 6. The van der Waals surface area contributed by atoms with Gasteiger partial charge >= 0.3 is 0 Å². The van der Waals surface area contributed by atoms with Gasteiger partial charge in [0.25, 0.3) is 0 Å². The van der Waals surface area contributed by atoms with Gasteiger partial charge in [0.15, 0.2) is 0 Å². The van der Waals surface area contributed by atoms with Gasteiger partial charge in [0.2, 0.25) is 0 Å². The summed E-state index contributed by atoms with van der Waals surface area (Å²) in [6.07, 6.45) is 20.4. The zero-order valence-corrected chi connectivity index (χ0v) is 17.6. The van der Waals surface area contributed by atoms with Gasteiger partial charge in [-0.2, -0.15) is 0 Å². The predicted molar refractivity (Wildman–Crippen MR) is 118 cm³/mol. The number of para-hydroxylation sites is 1. The van der Waals surface area contributed by atoms with E-state index in [1.54, 1.807) is 11.6 Å². The maximum atomic E-state index is 9.72. The lowest BCUT2D eigenvalue weighted by Gasteiger charge is -2.33. The molecule has 6 aliphatic carbocycles. The van der Waals surface area contributed by atoms with Crippen molar-refractivity contribution < 1.29 is 5.11 Å². The van der Waals surface area contributed by atoms with Gasteiger partial charge in [0.05, 0.1) is 0 Å². The van der Waals surface area contributed by atoms with E-state index in [2.05, 4.69) is 37.3 Å². The number of rotatable bonds is 2. The molecule has 0 amide bonds. The van der Waals surface area contributed by atoms with Crippen LogP contribution in [0.4, 0.5) is 0 Å². The van der Waals surface area contributed by atoms with Crippen LogP contribution in [0.25, 0.3) is 0 Å². The van der Waals surface area contributed by atoms with Crippen molar-refractivity contribution in [1.82, 2.24) is 0 Å². The molecule has 1 heteroatoms. The molecule has 1 N–H and O–H groups in total. The summed E-state index contributed by atoms with van der Waals surface area (Å²) in [6.45, 7) is 2.24. The molecule has 152 valence electrons. The first-order valence-corrected chi connectivity index (χ1v) is 12.0. The SMILES string of the molecule is C/C=C1\CC2CC1C1C3C=CC(C3)C21.Oc1ccccc1CC1CC2C=CC1C2. The lowest BCUT2D eigenvalue weighted by atomic mass is 9.71. The number of aromatic hydroxyl groups is 1. The van der Waals surface area contributed by atoms with Crippen molar-refractivity contribution in [3.8, 4) is 5.75 Å². The minimum absolute atomic E-state index is 0.462. The van der Waals surface area contributed by atoms with Crippen molar-refractivity contribution >= 4 is 0 Å². The van der Waals surface area contributed by atoms with Gasteiger partial charge in [-0.3, -0.25) is 0 Å². The molecule has 29 heavy (non-hydrogen) atoms. The van der Waals surface area contributed by atoms with Crippen LogP contribution in [0.3, 0.4) is 0 Å². The first-order valence-electron chi connectivity index (χ1n) is 12.0. The van der Waals surface area contributed by atoms with Gasteiger partial charge in [-0.15, -0.1) is 0 Å². The number of phenolic OH excluding ortho intramolecular Hbond substituents is 1. The summed E-state index contributed by atoms with van der Waals surface area (Å²) in [5, 5.41) is 9.72. The highest BCUT2D eigenvalue weighted by atomic mass is 16.3. The Morgan fingerprint density at radius 3 is 2.41 bits per heavy atom. The van der Waals surface area contributed by atoms with Gasteiger partial charge in [-0.25, -0.2) is 0 Å². The van der Waals surface area contributed by atoms with Crippen LogP contribution in [0.2, 0.25) is 0 Å². The second-order valence-corrected chi connectivity index (χ2v) is 10.6. The van der Waals surface area contributed by atoms with Gasteiger partial charge in [-0.1, -0.05) is 54.2 Å². The summed E-state index contributed by atoms with van der Waals surface area (Å²) >= 11 is 0. The molecule has 7 rings (SSSR count). The van der Waals surface area contributed by atoms with Crippen LogP contribution in [0.15, 0.2) is 60.2 Å². The lowest BCUT2D eigenvalue weighted by molar-refractivity contribution is 0.243. The average molecular weight is 387 g/mol. The molecule has 6 bridgehead atoms. The molecule has 1 aromatic rings. The average Bonchev–Trinajstić information content (AvgIpc) is 3.57. The number of fused-ring (bicyclic) bond motifs is 11. The van der Waals surface area contributed by atoms with E-state index < -0.39 is 0 Å². The van der Waals surface area contributed by atoms with Crippen LogP contribution in [-0.4, -0.2) is 5.11 Å². The first kappa shape index (κ1) is 18.0. The third kappa shape index (κ3) is 2.87. The second kappa shape index (κ2) is 6.89. The molecule has 9 unspecified atom stereocenters. The molecule has 9 atom stereocenters. The first-order chi connectivity index (χ1) is 14.2. The van der Waals surface area contributed by atoms with Gasteiger partial charge in [0, 0.05) is 0 Å². The normalized spacial score (nSPS) is 45.8. The maximum Gasteiger partial charge on any atom is 0.118 e. The van der Waals surface area contributed by atoms with E-state index in [0.717, 1.165) is 65.2 Å². The molecule has 0 saturated heterocycles. The molecular weight excluding hydrogens is 352 g/mol. The molecule has 4 fully saturated rings. The molecule has 4 saturated carbocycles. The summed E-state index contributed by atoms with van der Waals surface area (Å²) < 4.78 is 0. The van der Waals surface area contributed by atoms with Crippen LogP contribution in [-0.2, 0) is 6.42 Å². The second-order valence-electron chi connectivity index (χ2n) is 10.6. The Bertz CT molecular complexity index is 876. The third-order valence-corrected chi connectivity index (χ3v) is 9.38. The Kier molecular flexibility index (Phi) is 4.29. The molecule has 0 aliphatic heterocycles. The summed E-state index contributed by atoms with van der Waals surface area (Å²) in [6, 6.07) is 7.74. The smallest absolute Gasteiger partial charge is 0.118 e. The van der Waals surface area contributed by atoms with Crippen LogP contribution >= 0.6 is 0 Å². The standard InChI is InChI=1S/C14H16O.C14H18/c15-14-4-2-1-3-12(14)9-13-8-10-5-6-11(13)7-10;1-2-8-5-11-7-12(8)14-10-4-3-9(6-10)13(11)14/h1-6,10-11,13,15H,7-9H2;2-4,9-14H,5-7H2,1H3/b;8-2+. The molecule has 0 radical (unpaired) electrons. The van der Waals surface area contributed by atoms with E-state index in [-0.39, 0.29) is 0 Å². The summed E-state index contributed by atoms with van der Waals surface area (Å²) in [5.41, 5.74) is 2.92. The Labute approximate surface area is 175 Å². The number of phenols is 1. The van der Waals surface area contributed by atoms with E-state index in [1.807, 2.05) is 18.2 Å². The van der Waals surface area contributed by atoms with Crippen molar-refractivity contribution in [1.29, 1.82) is 0 Å². The maximum absolute atomic E-state index is 9.72. The number of hydrogen-bond donors (Lipinski definition) is 1. The van der Waals surface area contributed by atoms with E-state index in [4.69, 9.17) is 0 Å². The Hall–Kier alpha value is -1.76. The lowest BCUT2D eigenvalue weighted by Crippen LogP contribution is -2.26. The summed E-state index contributed by atoms with van der Waals surface area (Å²) in [7, 11) is 0. The summed E-state index contributed by atoms with van der Waals surface area (Å²) in [5.74, 6) is 8.99. The Balaban J connectivity index is 0.000000114. The minimum Gasteiger partial charge on any atom is -0.508 e. The Morgan fingerprint density at radius 2 is 1.69 bits per heavy atom. The highest BCUT2D eigenvalue weighted by Gasteiger charge is 2.59. The molecule has 0 heterocycles. The van der Waals surface area contributed by atoms with Gasteiger partial charge in [-0.05, 0) is 110 Å². The van der Waals surface area contributed by atoms with Crippen LogP contribution in [0.1, 0.15) is 44.6 Å². The zero-order valence-electron chi connectivity index (χ0n) is 17.6. The Morgan fingerprint density at radius 1 is 0.897 bits per heavy atom. The third-order valence-electron chi connectivity index (χ3n) is 9.38. The van der Waals surface area contributed by atoms with Crippen molar-refractivity contribution in [2.75, 3.05) is 0 Å².